The van der Waals surface area contributed by atoms with Crippen molar-refractivity contribution in [3.05, 3.63) is 33.5 Å². The summed E-state index contributed by atoms with van der Waals surface area (Å²) in [6.07, 6.45) is 11.8. The first kappa shape index (κ1) is 45.0. The highest BCUT2D eigenvalue weighted by molar-refractivity contribution is 8.24. The molecule has 1 atom stereocenters. The van der Waals surface area contributed by atoms with E-state index in [4.69, 9.17) is 35.0 Å². The Morgan fingerprint density at radius 1 is 0.644 bits per heavy atom. The topological polar surface area (TPSA) is 145 Å². The summed E-state index contributed by atoms with van der Waals surface area (Å²) in [5.74, 6) is -0.988. The van der Waals surface area contributed by atoms with Gasteiger partial charge in [-0.2, -0.15) is 0 Å². The number of thioether (sulfide) groups is 2. The number of carbonyl (C=O) groups excluding carboxylic acids is 5. The van der Waals surface area contributed by atoms with Crippen LogP contribution in [-0.2, 0) is 42.9 Å². The zero-order valence-electron chi connectivity index (χ0n) is 34.8. The second kappa shape index (κ2) is 21.3. The maximum atomic E-state index is 13.6. The highest BCUT2D eigenvalue weighted by Crippen LogP contribution is 2.59. The summed E-state index contributed by atoms with van der Waals surface area (Å²) in [6.45, 7) is 14.2. The lowest BCUT2D eigenvalue weighted by Gasteiger charge is -2.30. The molecule has 0 aromatic heterocycles. The Bertz CT molecular complexity index is 1660. The van der Waals surface area contributed by atoms with E-state index in [-0.39, 0.29) is 65.9 Å². The third-order valence-corrected chi connectivity index (χ3v) is 15.4. The Kier molecular flexibility index (Phi) is 16.3. The molecule has 1 aromatic rings. The second-order valence-electron chi connectivity index (χ2n) is 17.2. The monoisotopic (exact) mass is 853 g/mol. The highest BCUT2D eigenvalue weighted by atomic mass is 32.2. The van der Waals surface area contributed by atoms with Crippen molar-refractivity contribution in [2.45, 2.75) is 158 Å². The van der Waals surface area contributed by atoms with E-state index in [9.17, 15) is 24.0 Å². The Morgan fingerprint density at radius 3 is 1.42 bits per heavy atom. The molecule has 1 aromatic carbocycles. The standard InChI is InChI=1S/C45H59NO11S2/c1-26-6-10-29(11-7-26)40(47)54-33-18-14-31(15-19-33)42(49)56-35-22-23-36(39-38(35)58-45(59-39)37(46-4)44(51)53-25-24-28(3)52-5)57-43(50)32-16-20-34(21-17-32)55-41(48)30-12-8-27(2)9-13-30/h22-23,26-34H,6-21,24-25H2,1-3,5H3. The number of esters is 5. The van der Waals surface area contributed by atoms with Gasteiger partial charge in [0.05, 0.1) is 57.0 Å². The second-order valence-corrected chi connectivity index (χ2v) is 19.5. The minimum absolute atomic E-state index is 0.0430. The third kappa shape index (κ3) is 12.1. The van der Waals surface area contributed by atoms with Gasteiger partial charge in [0.1, 0.15) is 23.7 Å². The van der Waals surface area contributed by atoms with E-state index in [2.05, 4.69) is 18.7 Å². The number of ether oxygens (including phenoxy) is 6. The van der Waals surface area contributed by atoms with Crippen LogP contribution in [0.5, 0.6) is 11.5 Å². The lowest BCUT2D eigenvalue weighted by Crippen LogP contribution is -2.32. The average molecular weight is 854 g/mol. The van der Waals surface area contributed by atoms with Crippen LogP contribution < -0.4 is 9.47 Å². The minimum Gasteiger partial charge on any atom is -0.470 e. The van der Waals surface area contributed by atoms with Crippen LogP contribution in [0.4, 0.5) is 0 Å². The molecule has 1 aliphatic heterocycles. The average Bonchev–Trinajstić information content (AvgIpc) is 3.68. The first-order valence-electron chi connectivity index (χ1n) is 21.6. The van der Waals surface area contributed by atoms with Crippen molar-refractivity contribution in [2.75, 3.05) is 13.7 Å². The Morgan fingerprint density at radius 2 is 1.03 bits per heavy atom. The van der Waals surface area contributed by atoms with Gasteiger partial charge < -0.3 is 28.4 Å². The lowest BCUT2D eigenvalue weighted by molar-refractivity contribution is -0.159. The van der Waals surface area contributed by atoms with E-state index in [1.165, 1.54) is 0 Å². The molecule has 4 saturated carbocycles. The number of hydrogen-bond acceptors (Lipinski definition) is 13. The number of nitrogens with zero attached hydrogens (tertiary/aromatic N) is 1. The van der Waals surface area contributed by atoms with E-state index in [0.717, 1.165) is 74.9 Å². The predicted molar refractivity (Wildman–Crippen MR) is 221 cm³/mol. The van der Waals surface area contributed by atoms with Crippen LogP contribution in [-0.4, -0.2) is 61.9 Å². The SMILES string of the molecule is [C-]#[N+]C(C(=O)OCCC(C)OC)=C1Sc2c(OC(=O)C3CCC(OC(=O)C4CCC(C)CC4)CC3)ccc(OC(=O)C3CCC(OC(=O)C4CCC(C)CC4)CC3)c2S1. The molecule has 322 valence electrons. The molecule has 0 spiro atoms. The van der Waals surface area contributed by atoms with Crippen LogP contribution in [0.1, 0.15) is 130 Å². The van der Waals surface area contributed by atoms with Gasteiger partial charge in [-0.25, -0.2) is 4.85 Å². The summed E-state index contributed by atoms with van der Waals surface area (Å²) in [7, 11) is 1.57. The van der Waals surface area contributed by atoms with Crippen molar-refractivity contribution >= 4 is 53.4 Å². The van der Waals surface area contributed by atoms with Gasteiger partial charge in [0.25, 0.3) is 5.70 Å². The van der Waals surface area contributed by atoms with Crippen molar-refractivity contribution in [1.82, 2.24) is 0 Å². The molecule has 1 heterocycles. The van der Waals surface area contributed by atoms with Gasteiger partial charge in [-0.15, -0.1) is 0 Å². The summed E-state index contributed by atoms with van der Waals surface area (Å²) in [5.41, 5.74) is -0.220. The van der Waals surface area contributed by atoms with Gasteiger partial charge >= 0.3 is 29.8 Å². The molecule has 0 amide bonds. The van der Waals surface area contributed by atoms with Crippen LogP contribution in [0.25, 0.3) is 4.85 Å². The summed E-state index contributed by atoms with van der Waals surface area (Å²) in [6, 6.07) is 3.16. The third-order valence-electron chi connectivity index (χ3n) is 12.8. The number of fused-ring (bicyclic) bond motifs is 1. The fourth-order valence-electron chi connectivity index (χ4n) is 8.59. The molecule has 0 bridgehead atoms. The fourth-order valence-corrected chi connectivity index (χ4v) is 11.1. The van der Waals surface area contributed by atoms with Gasteiger partial charge in [-0.3, -0.25) is 24.0 Å². The number of benzene rings is 1. The smallest absolute Gasteiger partial charge is 0.338 e. The molecule has 5 aliphatic rings. The van der Waals surface area contributed by atoms with E-state index in [1.807, 2.05) is 6.92 Å². The van der Waals surface area contributed by atoms with E-state index >= 15 is 0 Å². The number of rotatable bonds is 13. The van der Waals surface area contributed by atoms with E-state index in [0.29, 0.717) is 83.7 Å². The molecule has 14 heteroatoms. The quantitative estimate of drug-likeness (QED) is 0.0611. The molecule has 0 radical (unpaired) electrons. The first-order valence-corrected chi connectivity index (χ1v) is 23.2. The molecule has 12 nitrogen and oxygen atoms in total. The van der Waals surface area contributed by atoms with Crippen molar-refractivity contribution in [3.8, 4) is 11.5 Å². The molecular weight excluding hydrogens is 795 g/mol. The lowest BCUT2D eigenvalue weighted by atomic mass is 9.83. The fraction of sp³-hybridized carbons (Fsp3) is 0.689. The van der Waals surface area contributed by atoms with Crippen LogP contribution >= 0.6 is 23.5 Å². The Labute approximate surface area is 356 Å². The number of hydrogen-bond donors (Lipinski definition) is 0. The van der Waals surface area contributed by atoms with Gasteiger partial charge in [0.15, 0.2) is 0 Å². The number of carbonyl (C=O) groups is 5. The molecule has 4 fully saturated rings. The zero-order chi connectivity index (χ0) is 42.1. The maximum absolute atomic E-state index is 13.6. The Balaban J connectivity index is 1.10. The highest BCUT2D eigenvalue weighted by Gasteiger charge is 2.37. The maximum Gasteiger partial charge on any atom is 0.338 e. The van der Waals surface area contributed by atoms with Crippen LogP contribution in [0, 0.1) is 42.1 Å². The normalized spacial score (nSPS) is 28.6. The summed E-state index contributed by atoms with van der Waals surface area (Å²) in [5, 5.41) is 0. The van der Waals surface area contributed by atoms with E-state index in [1.54, 1.807) is 19.2 Å². The molecular formula is C45H59NO11S2. The molecule has 6 rings (SSSR count). The minimum atomic E-state index is -0.783. The Hall–Kier alpha value is -3.54. The molecule has 1 unspecified atom stereocenters. The summed E-state index contributed by atoms with van der Waals surface area (Å²) >= 11 is 2.20. The first-order chi connectivity index (χ1) is 28.4. The van der Waals surface area contributed by atoms with Crippen molar-refractivity contribution < 1.29 is 52.4 Å². The van der Waals surface area contributed by atoms with E-state index < -0.39 is 29.7 Å². The summed E-state index contributed by atoms with van der Waals surface area (Å²) in [4.78, 5) is 70.4. The van der Waals surface area contributed by atoms with Crippen molar-refractivity contribution in [1.29, 1.82) is 0 Å². The van der Waals surface area contributed by atoms with Crippen molar-refractivity contribution in [2.24, 2.45) is 35.5 Å². The molecule has 4 aliphatic carbocycles. The number of methoxy groups -OCH3 is 1. The predicted octanol–water partition coefficient (Wildman–Crippen LogP) is 9.61. The van der Waals surface area contributed by atoms with Gasteiger partial charge in [-0.1, -0.05) is 37.4 Å². The molecule has 0 saturated heterocycles. The summed E-state index contributed by atoms with van der Waals surface area (Å²) < 4.78 is 34.8. The zero-order valence-corrected chi connectivity index (χ0v) is 36.5. The van der Waals surface area contributed by atoms with Crippen molar-refractivity contribution in [3.63, 3.8) is 0 Å². The van der Waals surface area contributed by atoms with Gasteiger partial charge in [0, 0.05) is 13.5 Å². The van der Waals surface area contributed by atoms with Crippen LogP contribution in [0.15, 0.2) is 31.9 Å². The van der Waals surface area contributed by atoms with Gasteiger partial charge in [-0.05, 0) is 134 Å². The van der Waals surface area contributed by atoms with Crippen LogP contribution in [0.3, 0.4) is 0 Å². The van der Waals surface area contributed by atoms with Gasteiger partial charge in [0.2, 0.25) is 0 Å². The van der Waals surface area contributed by atoms with Crippen LogP contribution in [0.2, 0.25) is 0 Å². The largest absolute Gasteiger partial charge is 0.470 e. The molecule has 59 heavy (non-hydrogen) atoms. The molecule has 0 N–H and O–H groups in total.